The van der Waals surface area contributed by atoms with Crippen molar-refractivity contribution in [1.29, 1.82) is 0 Å². The van der Waals surface area contributed by atoms with Crippen LogP contribution in [0.2, 0.25) is 0 Å². The molecule has 0 spiro atoms. The third-order valence-electron chi connectivity index (χ3n) is 5.29. The van der Waals surface area contributed by atoms with Gasteiger partial charge in [0.25, 0.3) is 0 Å². The Balaban J connectivity index is 1.61. The normalized spacial score (nSPS) is 14.3. The maximum Gasteiger partial charge on any atom is 0.341 e. The van der Waals surface area contributed by atoms with Gasteiger partial charge in [0.15, 0.2) is 10.8 Å². The average Bonchev–Trinajstić information content (AvgIpc) is 3.32. The van der Waals surface area contributed by atoms with Gasteiger partial charge in [0.2, 0.25) is 5.43 Å². The molecule has 0 amide bonds. The molecule has 5 heterocycles. The molecule has 152 valence electrons. The van der Waals surface area contributed by atoms with Crippen LogP contribution in [0.3, 0.4) is 0 Å². The van der Waals surface area contributed by atoms with Crippen molar-refractivity contribution in [2.45, 2.75) is 19.9 Å². The molecule has 0 radical (unpaired) electrons. The third-order valence-corrected chi connectivity index (χ3v) is 6.06. The molecule has 0 bridgehead atoms. The Morgan fingerprint density at radius 3 is 2.70 bits per heavy atom. The first kappa shape index (κ1) is 18.5. The van der Waals surface area contributed by atoms with Crippen molar-refractivity contribution in [3.05, 3.63) is 63.1 Å². The van der Waals surface area contributed by atoms with Gasteiger partial charge in [0.05, 0.1) is 17.6 Å². The van der Waals surface area contributed by atoms with Gasteiger partial charge < -0.3 is 10.0 Å². The van der Waals surface area contributed by atoms with E-state index in [1.54, 1.807) is 23.1 Å². The molecule has 1 fully saturated rings. The van der Waals surface area contributed by atoms with Gasteiger partial charge in [-0.15, -0.1) is 11.3 Å². The van der Waals surface area contributed by atoms with Crippen LogP contribution in [0.1, 0.15) is 27.5 Å². The van der Waals surface area contributed by atoms with Crippen molar-refractivity contribution in [2.24, 2.45) is 0 Å². The summed E-state index contributed by atoms with van der Waals surface area (Å²) >= 11 is 1.35. The van der Waals surface area contributed by atoms with E-state index in [1.165, 1.54) is 17.5 Å². The first-order chi connectivity index (χ1) is 14.4. The zero-order valence-corrected chi connectivity index (χ0v) is 17.1. The predicted molar refractivity (Wildman–Crippen MR) is 113 cm³/mol. The quantitative estimate of drug-likeness (QED) is 0.538. The summed E-state index contributed by atoms with van der Waals surface area (Å²) in [4.78, 5) is 35.6. The summed E-state index contributed by atoms with van der Waals surface area (Å²) in [5, 5.41) is 16.5. The minimum absolute atomic E-state index is 0.270. The van der Waals surface area contributed by atoms with Gasteiger partial charge in [0, 0.05) is 37.1 Å². The van der Waals surface area contributed by atoms with E-state index in [0.29, 0.717) is 21.7 Å². The van der Waals surface area contributed by atoms with Gasteiger partial charge in [-0.3, -0.25) is 14.0 Å². The van der Waals surface area contributed by atoms with Gasteiger partial charge in [-0.2, -0.15) is 5.10 Å². The highest BCUT2D eigenvalue weighted by molar-refractivity contribution is 7.12. The van der Waals surface area contributed by atoms with E-state index in [0.717, 1.165) is 24.5 Å². The molecule has 1 aliphatic rings. The van der Waals surface area contributed by atoms with Crippen molar-refractivity contribution in [1.82, 2.24) is 24.3 Å². The van der Waals surface area contributed by atoms with Crippen LogP contribution in [0, 0.1) is 13.8 Å². The van der Waals surface area contributed by atoms with E-state index in [2.05, 4.69) is 15.0 Å². The fourth-order valence-electron chi connectivity index (χ4n) is 3.71. The molecule has 1 N–H and O–H groups in total. The number of pyridine rings is 2. The highest BCUT2D eigenvalue weighted by atomic mass is 32.1. The van der Waals surface area contributed by atoms with Crippen molar-refractivity contribution >= 4 is 34.2 Å². The number of nitrogens with zero attached hydrogens (tertiary/aromatic N) is 6. The number of fused-ring (bicyclic) bond motifs is 1. The number of carboxylic acid groups (broad SMARTS) is 1. The molecule has 9 nitrogen and oxygen atoms in total. The number of hydrogen-bond acceptors (Lipinski definition) is 7. The zero-order valence-electron chi connectivity index (χ0n) is 16.3. The van der Waals surface area contributed by atoms with Crippen LogP contribution >= 0.6 is 11.3 Å². The number of hydrogen-bond donors (Lipinski definition) is 1. The SMILES string of the molecule is Cc1cnn(C2CN(c3cc(C)c4c(=O)c(C(=O)O)cn(-c5nccs5)c4n3)C2)c1. The van der Waals surface area contributed by atoms with Gasteiger partial charge in [-0.25, -0.2) is 14.8 Å². The van der Waals surface area contributed by atoms with Gasteiger partial charge >= 0.3 is 5.97 Å². The smallest absolute Gasteiger partial charge is 0.341 e. The lowest BCUT2D eigenvalue weighted by atomic mass is 10.1. The Hall–Kier alpha value is -3.53. The van der Waals surface area contributed by atoms with Crippen LogP contribution in [0.4, 0.5) is 5.82 Å². The maximum atomic E-state index is 12.8. The summed E-state index contributed by atoms with van der Waals surface area (Å²) in [5.74, 6) is -0.524. The Morgan fingerprint density at radius 1 is 1.27 bits per heavy atom. The lowest BCUT2D eigenvalue weighted by molar-refractivity contribution is 0.0695. The second kappa shape index (κ2) is 6.77. The lowest BCUT2D eigenvalue weighted by Gasteiger charge is -2.40. The van der Waals surface area contributed by atoms with Crippen molar-refractivity contribution in [2.75, 3.05) is 18.0 Å². The second-order valence-electron chi connectivity index (χ2n) is 7.41. The number of aromatic nitrogens is 5. The van der Waals surface area contributed by atoms with E-state index in [4.69, 9.17) is 4.98 Å². The molecule has 0 atom stereocenters. The summed E-state index contributed by atoms with van der Waals surface area (Å²) < 4.78 is 3.56. The molecule has 4 aromatic rings. The first-order valence-corrected chi connectivity index (χ1v) is 10.3. The summed E-state index contributed by atoms with van der Waals surface area (Å²) in [6.07, 6.45) is 6.81. The summed E-state index contributed by atoms with van der Waals surface area (Å²) in [6, 6.07) is 2.11. The largest absolute Gasteiger partial charge is 0.477 e. The van der Waals surface area contributed by atoms with Crippen LogP contribution in [0.5, 0.6) is 0 Å². The van der Waals surface area contributed by atoms with Crippen LogP contribution < -0.4 is 10.3 Å². The molecule has 4 aromatic heterocycles. The molecule has 1 saturated heterocycles. The molecule has 30 heavy (non-hydrogen) atoms. The first-order valence-electron chi connectivity index (χ1n) is 9.38. The van der Waals surface area contributed by atoms with Crippen LogP contribution in [-0.4, -0.2) is 48.5 Å². The predicted octanol–water partition coefficient (Wildman–Crippen LogP) is 2.42. The molecule has 0 aromatic carbocycles. The fourth-order valence-corrected chi connectivity index (χ4v) is 4.33. The molecular formula is C20H18N6O3S. The Bertz CT molecular complexity index is 1330. The molecule has 10 heteroatoms. The number of thiazole rings is 1. The summed E-state index contributed by atoms with van der Waals surface area (Å²) in [7, 11) is 0. The number of carboxylic acids is 1. The van der Waals surface area contributed by atoms with E-state index in [-0.39, 0.29) is 11.6 Å². The monoisotopic (exact) mass is 422 g/mol. The minimum Gasteiger partial charge on any atom is -0.477 e. The second-order valence-corrected chi connectivity index (χ2v) is 8.29. The molecule has 5 rings (SSSR count). The lowest BCUT2D eigenvalue weighted by Crippen LogP contribution is -2.48. The standard InChI is InChI=1S/C20H18N6O3S/c1-11-6-22-26(7-11)13-8-24(9-13)15-5-12(2)16-17(27)14(19(28)29)10-25(18(16)23-15)20-21-3-4-30-20/h3-7,10,13H,8-9H2,1-2H3,(H,28,29). The van der Waals surface area contributed by atoms with Crippen LogP contribution in [0.15, 0.2) is 41.0 Å². The maximum absolute atomic E-state index is 12.8. The summed E-state index contributed by atoms with van der Waals surface area (Å²) in [5.41, 5.74) is 1.39. The number of aromatic carboxylic acids is 1. The van der Waals surface area contributed by atoms with Crippen molar-refractivity contribution in [3.8, 4) is 5.13 Å². The van der Waals surface area contributed by atoms with Crippen LogP contribution in [-0.2, 0) is 0 Å². The van der Waals surface area contributed by atoms with E-state index >= 15 is 0 Å². The van der Waals surface area contributed by atoms with Gasteiger partial charge in [-0.1, -0.05) is 0 Å². The number of anilines is 1. The minimum atomic E-state index is -1.27. The molecular weight excluding hydrogens is 404 g/mol. The van der Waals surface area contributed by atoms with E-state index in [9.17, 15) is 14.7 Å². The van der Waals surface area contributed by atoms with Crippen LogP contribution in [0.25, 0.3) is 16.2 Å². The van der Waals surface area contributed by atoms with Crippen molar-refractivity contribution in [3.63, 3.8) is 0 Å². The third kappa shape index (κ3) is 2.88. The highest BCUT2D eigenvalue weighted by Gasteiger charge is 2.31. The van der Waals surface area contributed by atoms with Crippen molar-refractivity contribution < 1.29 is 9.90 Å². The Kier molecular flexibility index (Phi) is 4.17. The number of rotatable bonds is 4. The topological polar surface area (TPSA) is 106 Å². The molecule has 0 saturated carbocycles. The Morgan fingerprint density at radius 2 is 2.07 bits per heavy atom. The van der Waals surface area contributed by atoms with E-state index < -0.39 is 11.4 Å². The average molecular weight is 422 g/mol. The highest BCUT2D eigenvalue weighted by Crippen LogP contribution is 2.30. The zero-order chi connectivity index (χ0) is 21.0. The molecule has 1 aliphatic heterocycles. The van der Waals surface area contributed by atoms with Gasteiger partial charge in [-0.05, 0) is 31.0 Å². The fraction of sp³-hybridized carbons (Fsp3) is 0.250. The van der Waals surface area contributed by atoms with Gasteiger partial charge in [0.1, 0.15) is 11.4 Å². The number of carbonyl (C=O) groups is 1. The summed E-state index contributed by atoms with van der Waals surface area (Å²) in [6.45, 7) is 5.33. The Labute approximate surface area is 174 Å². The number of aryl methyl sites for hydroxylation is 2. The molecule has 0 unspecified atom stereocenters. The molecule has 0 aliphatic carbocycles. The van der Waals surface area contributed by atoms with E-state index in [1.807, 2.05) is 30.1 Å².